The molecule has 1 N–H and O–H groups in total. The molecule has 2 heteroatoms. The molecule has 0 unspecified atom stereocenters. The molecule has 2 nitrogen and oxygen atoms in total. The summed E-state index contributed by atoms with van der Waals surface area (Å²) in [6, 6.07) is 21.3. The number of hydrogen-bond donors (Lipinski definition) is 1. The highest BCUT2D eigenvalue weighted by Gasteiger charge is 2.10. The maximum absolute atomic E-state index is 4.47. The van der Waals surface area contributed by atoms with Crippen LogP contribution in [0.3, 0.4) is 0 Å². The molecule has 0 aliphatic carbocycles. The third-order valence-corrected chi connectivity index (χ3v) is 4.24. The van der Waals surface area contributed by atoms with Gasteiger partial charge in [0.1, 0.15) is 0 Å². The van der Waals surface area contributed by atoms with Crippen molar-refractivity contribution < 1.29 is 0 Å². The highest BCUT2D eigenvalue weighted by molar-refractivity contribution is 6.24. The SMILES string of the molecule is c1ccc2c(c1)ccc1c2[nH]c2ccc3ncccc3c21. The average molecular weight is 268 g/mol. The molecule has 0 saturated heterocycles. The number of aromatic nitrogens is 2. The summed E-state index contributed by atoms with van der Waals surface area (Å²) in [5.74, 6) is 0. The number of fused-ring (bicyclic) bond motifs is 7. The van der Waals surface area contributed by atoms with Crippen molar-refractivity contribution in [3.05, 3.63) is 66.9 Å². The van der Waals surface area contributed by atoms with E-state index in [1.54, 1.807) is 0 Å². The van der Waals surface area contributed by atoms with Gasteiger partial charge in [0.25, 0.3) is 0 Å². The minimum atomic E-state index is 1.04. The van der Waals surface area contributed by atoms with E-state index in [4.69, 9.17) is 0 Å². The molecule has 0 saturated carbocycles. The van der Waals surface area contributed by atoms with Gasteiger partial charge in [-0.2, -0.15) is 0 Å². The third kappa shape index (κ3) is 1.39. The number of benzene rings is 3. The Balaban J connectivity index is 2.11. The number of H-pyrrole nitrogens is 1. The molecule has 0 fully saturated rings. The molecule has 2 aromatic heterocycles. The van der Waals surface area contributed by atoms with Crippen LogP contribution in [-0.2, 0) is 0 Å². The van der Waals surface area contributed by atoms with Gasteiger partial charge >= 0.3 is 0 Å². The molecular weight excluding hydrogens is 256 g/mol. The van der Waals surface area contributed by atoms with Crippen LogP contribution in [0.2, 0.25) is 0 Å². The molecule has 0 atom stereocenters. The van der Waals surface area contributed by atoms with Gasteiger partial charge in [0, 0.05) is 33.3 Å². The lowest BCUT2D eigenvalue weighted by Crippen LogP contribution is -1.78. The summed E-state index contributed by atoms with van der Waals surface area (Å²) in [5, 5.41) is 6.27. The molecular formula is C19H12N2. The topological polar surface area (TPSA) is 28.7 Å². The van der Waals surface area contributed by atoms with E-state index in [1.165, 1.54) is 38.0 Å². The standard InChI is InChI=1S/C19H12N2/c1-2-5-13-12(4-1)7-8-15-18-14-6-3-11-20-16(14)9-10-17(18)21-19(13)15/h1-11,21H. The van der Waals surface area contributed by atoms with E-state index in [2.05, 4.69) is 64.6 Å². The van der Waals surface area contributed by atoms with Crippen LogP contribution in [0.1, 0.15) is 0 Å². The number of aromatic amines is 1. The Bertz CT molecular complexity index is 1140. The Morgan fingerprint density at radius 1 is 0.714 bits per heavy atom. The van der Waals surface area contributed by atoms with Crippen LogP contribution in [0.5, 0.6) is 0 Å². The fourth-order valence-corrected chi connectivity index (χ4v) is 3.30. The van der Waals surface area contributed by atoms with Crippen molar-refractivity contribution in [3.8, 4) is 0 Å². The minimum Gasteiger partial charge on any atom is -0.354 e. The number of nitrogens with zero attached hydrogens (tertiary/aromatic N) is 1. The van der Waals surface area contributed by atoms with Gasteiger partial charge in [0.05, 0.1) is 11.0 Å². The van der Waals surface area contributed by atoms with Crippen molar-refractivity contribution in [2.45, 2.75) is 0 Å². The maximum atomic E-state index is 4.47. The van der Waals surface area contributed by atoms with Crippen LogP contribution in [0, 0.1) is 0 Å². The zero-order valence-corrected chi connectivity index (χ0v) is 11.3. The zero-order chi connectivity index (χ0) is 13.8. The Kier molecular flexibility index (Phi) is 1.98. The van der Waals surface area contributed by atoms with Crippen molar-refractivity contribution in [2.75, 3.05) is 0 Å². The minimum absolute atomic E-state index is 1.04. The number of rotatable bonds is 0. The quantitative estimate of drug-likeness (QED) is 0.419. The molecule has 5 aromatic rings. The van der Waals surface area contributed by atoms with E-state index in [-0.39, 0.29) is 0 Å². The van der Waals surface area contributed by atoms with Crippen LogP contribution in [0.15, 0.2) is 66.9 Å². The molecule has 0 amide bonds. The Labute approximate surface area is 121 Å². The molecule has 3 aromatic carbocycles. The smallest absolute Gasteiger partial charge is 0.0709 e. The van der Waals surface area contributed by atoms with E-state index in [1.807, 2.05) is 12.3 Å². The Hall–Kier alpha value is -2.87. The van der Waals surface area contributed by atoms with E-state index >= 15 is 0 Å². The molecule has 0 aliphatic heterocycles. The second-order valence-corrected chi connectivity index (χ2v) is 5.39. The van der Waals surface area contributed by atoms with Crippen LogP contribution in [0.4, 0.5) is 0 Å². The molecule has 0 aliphatic rings. The molecule has 0 spiro atoms. The Morgan fingerprint density at radius 2 is 1.62 bits per heavy atom. The third-order valence-electron chi connectivity index (χ3n) is 4.24. The molecule has 2 heterocycles. The molecule has 0 bridgehead atoms. The van der Waals surface area contributed by atoms with Crippen molar-refractivity contribution in [3.63, 3.8) is 0 Å². The van der Waals surface area contributed by atoms with Crippen molar-refractivity contribution >= 4 is 43.5 Å². The largest absolute Gasteiger partial charge is 0.354 e. The van der Waals surface area contributed by atoms with E-state index in [9.17, 15) is 0 Å². The first kappa shape index (κ1) is 10.9. The van der Waals surface area contributed by atoms with Gasteiger partial charge in [0.15, 0.2) is 0 Å². The van der Waals surface area contributed by atoms with E-state index in [0.717, 1.165) is 5.52 Å². The summed E-state index contributed by atoms with van der Waals surface area (Å²) < 4.78 is 0. The molecule has 0 radical (unpaired) electrons. The number of nitrogens with one attached hydrogen (secondary N) is 1. The summed E-state index contributed by atoms with van der Waals surface area (Å²) in [6.45, 7) is 0. The van der Waals surface area contributed by atoms with Gasteiger partial charge in [-0.25, -0.2) is 0 Å². The molecule has 21 heavy (non-hydrogen) atoms. The monoisotopic (exact) mass is 268 g/mol. The van der Waals surface area contributed by atoms with E-state index in [0.29, 0.717) is 0 Å². The second-order valence-electron chi connectivity index (χ2n) is 5.39. The zero-order valence-electron chi connectivity index (χ0n) is 11.3. The lowest BCUT2D eigenvalue weighted by Gasteiger charge is -2.00. The van der Waals surface area contributed by atoms with Crippen LogP contribution in [0.25, 0.3) is 43.5 Å². The van der Waals surface area contributed by atoms with Crippen LogP contribution >= 0.6 is 0 Å². The number of pyridine rings is 1. The summed E-state index contributed by atoms with van der Waals surface area (Å²) in [4.78, 5) is 8.05. The predicted molar refractivity (Wildman–Crippen MR) is 88.6 cm³/mol. The maximum Gasteiger partial charge on any atom is 0.0709 e. The van der Waals surface area contributed by atoms with E-state index < -0.39 is 0 Å². The van der Waals surface area contributed by atoms with Crippen molar-refractivity contribution in [2.24, 2.45) is 0 Å². The highest BCUT2D eigenvalue weighted by atomic mass is 14.7. The first-order chi connectivity index (χ1) is 10.4. The average Bonchev–Trinajstić information content (AvgIpc) is 2.94. The number of hydrogen-bond acceptors (Lipinski definition) is 1. The first-order valence-electron chi connectivity index (χ1n) is 7.09. The lowest BCUT2D eigenvalue weighted by atomic mass is 10.0. The summed E-state index contributed by atoms with van der Waals surface area (Å²) in [5.41, 5.74) is 3.42. The van der Waals surface area contributed by atoms with Gasteiger partial charge < -0.3 is 4.98 Å². The summed E-state index contributed by atoms with van der Waals surface area (Å²) >= 11 is 0. The van der Waals surface area contributed by atoms with Crippen molar-refractivity contribution in [1.29, 1.82) is 0 Å². The first-order valence-corrected chi connectivity index (χ1v) is 7.09. The lowest BCUT2D eigenvalue weighted by molar-refractivity contribution is 1.42. The normalized spacial score (nSPS) is 11.8. The van der Waals surface area contributed by atoms with Crippen LogP contribution in [-0.4, -0.2) is 9.97 Å². The Morgan fingerprint density at radius 3 is 2.62 bits per heavy atom. The van der Waals surface area contributed by atoms with Gasteiger partial charge in [-0.3, -0.25) is 4.98 Å². The second kappa shape index (κ2) is 3.83. The fraction of sp³-hybridized carbons (Fsp3) is 0. The van der Waals surface area contributed by atoms with Gasteiger partial charge in [0.2, 0.25) is 0 Å². The van der Waals surface area contributed by atoms with Gasteiger partial charge in [-0.05, 0) is 23.6 Å². The molecule has 98 valence electrons. The summed E-state index contributed by atoms with van der Waals surface area (Å²) in [6.07, 6.45) is 1.85. The van der Waals surface area contributed by atoms with Gasteiger partial charge in [-0.15, -0.1) is 0 Å². The fourth-order valence-electron chi connectivity index (χ4n) is 3.30. The molecule has 5 rings (SSSR count). The van der Waals surface area contributed by atoms with Gasteiger partial charge in [-0.1, -0.05) is 42.5 Å². The summed E-state index contributed by atoms with van der Waals surface area (Å²) in [7, 11) is 0. The van der Waals surface area contributed by atoms with Crippen LogP contribution < -0.4 is 0 Å². The highest BCUT2D eigenvalue weighted by Crippen LogP contribution is 2.34. The van der Waals surface area contributed by atoms with Crippen molar-refractivity contribution in [1.82, 2.24) is 9.97 Å². The predicted octanol–water partition coefficient (Wildman–Crippen LogP) is 5.02.